The molecule has 0 aliphatic rings. The number of nitrogens with zero attached hydrogens (tertiary/aromatic N) is 4. The van der Waals surface area contributed by atoms with Crippen molar-refractivity contribution >= 4 is 17.6 Å². The molecule has 0 radical (unpaired) electrons. The van der Waals surface area contributed by atoms with Crippen molar-refractivity contribution in [2.75, 3.05) is 13.1 Å². The maximum atomic E-state index is 5.81. The molecule has 0 spiro atoms. The van der Waals surface area contributed by atoms with Crippen molar-refractivity contribution in [2.45, 2.75) is 19.9 Å². The number of hydrogen-bond acceptors (Lipinski definition) is 3. The van der Waals surface area contributed by atoms with Crippen molar-refractivity contribution in [3.05, 3.63) is 77.3 Å². The van der Waals surface area contributed by atoms with E-state index in [1.165, 1.54) is 0 Å². The van der Waals surface area contributed by atoms with E-state index < -0.39 is 0 Å². The summed E-state index contributed by atoms with van der Waals surface area (Å²) in [5, 5.41) is 11.4. The summed E-state index contributed by atoms with van der Waals surface area (Å²) in [5.41, 5.74) is 3.32. The maximum absolute atomic E-state index is 5.81. The van der Waals surface area contributed by atoms with Gasteiger partial charge in [-0.15, -0.1) is 0 Å². The van der Waals surface area contributed by atoms with Crippen molar-refractivity contribution in [3.63, 3.8) is 0 Å². The van der Waals surface area contributed by atoms with E-state index in [1.54, 1.807) is 12.4 Å². The summed E-state index contributed by atoms with van der Waals surface area (Å²) in [6.07, 6.45) is 6.35. The second kappa shape index (κ2) is 9.73. The molecule has 0 aliphatic heterocycles. The van der Waals surface area contributed by atoms with Gasteiger partial charge in [0.1, 0.15) is 5.15 Å². The molecule has 27 heavy (non-hydrogen) atoms. The molecule has 3 rings (SSSR count). The molecule has 2 aromatic heterocycles. The fraction of sp³-hybridized carbons (Fsp3) is 0.250. The Bertz CT molecular complexity index is 841. The Labute approximate surface area is 164 Å². The van der Waals surface area contributed by atoms with E-state index in [2.05, 4.69) is 44.8 Å². The number of rotatable bonds is 7. The number of halogens is 1. The number of aromatic nitrogens is 3. The van der Waals surface area contributed by atoms with E-state index in [4.69, 9.17) is 11.6 Å². The molecule has 7 heteroatoms. The molecule has 0 unspecified atom stereocenters. The van der Waals surface area contributed by atoms with Gasteiger partial charge in [-0.2, -0.15) is 5.10 Å². The van der Waals surface area contributed by atoms with Crippen LogP contribution >= 0.6 is 11.6 Å². The van der Waals surface area contributed by atoms with Crippen LogP contribution < -0.4 is 10.6 Å². The van der Waals surface area contributed by atoms with Gasteiger partial charge in [-0.3, -0.25) is 0 Å². The molecule has 0 amide bonds. The highest BCUT2D eigenvalue weighted by atomic mass is 35.5. The molecule has 0 saturated heterocycles. The number of pyridine rings is 1. The molecule has 0 aliphatic carbocycles. The maximum Gasteiger partial charge on any atom is 0.191 e. The summed E-state index contributed by atoms with van der Waals surface area (Å²) in [4.78, 5) is 8.76. The quantitative estimate of drug-likeness (QED) is 0.374. The summed E-state index contributed by atoms with van der Waals surface area (Å²) in [7, 11) is 0. The first-order valence-corrected chi connectivity index (χ1v) is 9.34. The lowest BCUT2D eigenvalue weighted by atomic mass is 10.2. The SMILES string of the molecule is CCNC(=NCc1ccc(-n2cccn2)cc1)NCCc1ccc(Cl)nc1. The Morgan fingerprint density at radius 1 is 1.11 bits per heavy atom. The van der Waals surface area contributed by atoms with Crippen molar-refractivity contribution < 1.29 is 0 Å². The van der Waals surface area contributed by atoms with Gasteiger partial charge in [0.05, 0.1) is 12.2 Å². The van der Waals surface area contributed by atoms with Gasteiger partial charge in [0.2, 0.25) is 0 Å². The Hall–Kier alpha value is -2.86. The van der Waals surface area contributed by atoms with Crippen molar-refractivity contribution in [2.24, 2.45) is 4.99 Å². The molecule has 0 saturated carbocycles. The summed E-state index contributed by atoms with van der Waals surface area (Å²) >= 11 is 5.81. The van der Waals surface area contributed by atoms with Gasteiger partial charge in [0.15, 0.2) is 5.96 Å². The largest absolute Gasteiger partial charge is 0.357 e. The third kappa shape index (κ3) is 5.82. The monoisotopic (exact) mass is 382 g/mol. The third-order valence-electron chi connectivity index (χ3n) is 3.96. The number of nitrogens with one attached hydrogen (secondary N) is 2. The first-order valence-electron chi connectivity index (χ1n) is 8.96. The predicted molar refractivity (Wildman–Crippen MR) is 109 cm³/mol. The molecule has 3 aromatic rings. The van der Waals surface area contributed by atoms with E-state index in [0.717, 1.165) is 42.3 Å². The average Bonchev–Trinajstić information content (AvgIpc) is 3.23. The van der Waals surface area contributed by atoms with Gasteiger partial charge in [-0.05, 0) is 48.7 Å². The van der Waals surface area contributed by atoms with Crippen LogP contribution in [0, 0.1) is 0 Å². The second-order valence-corrected chi connectivity index (χ2v) is 6.37. The normalized spacial score (nSPS) is 11.4. The van der Waals surface area contributed by atoms with E-state index in [0.29, 0.717) is 11.7 Å². The lowest BCUT2D eigenvalue weighted by Gasteiger charge is -2.11. The zero-order valence-electron chi connectivity index (χ0n) is 15.3. The Morgan fingerprint density at radius 2 is 1.93 bits per heavy atom. The molecule has 0 bridgehead atoms. The lowest BCUT2D eigenvalue weighted by molar-refractivity contribution is 0.797. The molecule has 2 heterocycles. The number of aliphatic imine (C=N–C) groups is 1. The van der Waals surface area contributed by atoms with Crippen molar-refractivity contribution in [1.29, 1.82) is 0 Å². The van der Waals surface area contributed by atoms with Crippen molar-refractivity contribution in [3.8, 4) is 5.69 Å². The van der Waals surface area contributed by atoms with Gasteiger partial charge >= 0.3 is 0 Å². The van der Waals surface area contributed by atoms with Crippen LogP contribution in [0.3, 0.4) is 0 Å². The summed E-state index contributed by atoms with van der Waals surface area (Å²) in [6.45, 7) is 4.25. The highest BCUT2D eigenvalue weighted by Gasteiger charge is 2.00. The average molecular weight is 383 g/mol. The highest BCUT2D eigenvalue weighted by Crippen LogP contribution is 2.09. The molecule has 2 N–H and O–H groups in total. The molecule has 140 valence electrons. The summed E-state index contributed by atoms with van der Waals surface area (Å²) in [5.74, 6) is 0.801. The van der Waals surface area contributed by atoms with Crippen LogP contribution in [0.25, 0.3) is 5.69 Å². The minimum Gasteiger partial charge on any atom is -0.357 e. The molecular formula is C20H23ClN6. The second-order valence-electron chi connectivity index (χ2n) is 5.98. The molecule has 0 fully saturated rings. The predicted octanol–water partition coefficient (Wildman–Crippen LogP) is 3.22. The molecule has 6 nitrogen and oxygen atoms in total. The third-order valence-corrected chi connectivity index (χ3v) is 4.19. The standard InChI is InChI=1S/C20H23ClN6/c1-2-22-20(23-12-10-17-6-9-19(21)24-14-17)25-15-16-4-7-18(8-5-16)27-13-3-11-26-27/h3-9,11,13-14H,2,10,12,15H2,1H3,(H2,22,23,25). The topological polar surface area (TPSA) is 67.1 Å². The van der Waals surface area contributed by atoms with E-state index in [-0.39, 0.29) is 0 Å². The Kier molecular flexibility index (Phi) is 6.82. The van der Waals surface area contributed by atoms with E-state index in [9.17, 15) is 0 Å². The van der Waals surface area contributed by atoms with Gasteiger partial charge in [0.25, 0.3) is 0 Å². The zero-order valence-corrected chi connectivity index (χ0v) is 16.0. The Morgan fingerprint density at radius 3 is 2.59 bits per heavy atom. The zero-order chi connectivity index (χ0) is 18.9. The number of guanidine groups is 1. The molecule has 1 aromatic carbocycles. The number of benzene rings is 1. The lowest BCUT2D eigenvalue weighted by Crippen LogP contribution is -2.38. The van der Waals surface area contributed by atoms with Crippen LogP contribution in [0.4, 0.5) is 0 Å². The van der Waals surface area contributed by atoms with Crippen LogP contribution in [0.5, 0.6) is 0 Å². The molecular weight excluding hydrogens is 360 g/mol. The highest BCUT2D eigenvalue weighted by molar-refractivity contribution is 6.29. The van der Waals surface area contributed by atoms with Crippen LogP contribution in [-0.2, 0) is 13.0 Å². The number of hydrogen-bond donors (Lipinski definition) is 2. The Balaban J connectivity index is 1.54. The van der Waals surface area contributed by atoms with Crippen molar-refractivity contribution in [1.82, 2.24) is 25.4 Å². The van der Waals surface area contributed by atoms with Gasteiger partial charge in [-0.25, -0.2) is 14.7 Å². The minimum absolute atomic E-state index is 0.514. The fourth-order valence-corrected chi connectivity index (χ4v) is 2.68. The van der Waals surface area contributed by atoms with Crippen LogP contribution in [0.1, 0.15) is 18.1 Å². The molecule has 0 atom stereocenters. The first kappa shape index (κ1) is 18.9. The first-order chi connectivity index (χ1) is 13.2. The fourth-order valence-electron chi connectivity index (χ4n) is 2.57. The van der Waals surface area contributed by atoms with Gasteiger partial charge in [0, 0.05) is 31.7 Å². The van der Waals surface area contributed by atoms with Crippen LogP contribution in [0.15, 0.2) is 66.0 Å². The van der Waals surface area contributed by atoms with E-state index in [1.807, 2.05) is 41.2 Å². The summed E-state index contributed by atoms with van der Waals surface area (Å²) < 4.78 is 1.84. The van der Waals surface area contributed by atoms with Gasteiger partial charge in [-0.1, -0.05) is 29.8 Å². The van der Waals surface area contributed by atoms with Crippen LogP contribution in [0.2, 0.25) is 5.15 Å². The summed E-state index contributed by atoms with van der Waals surface area (Å²) in [6, 6.07) is 13.9. The van der Waals surface area contributed by atoms with E-state index >= 15 is 0 Å². The van der Waals surface area contributed by atoms with Gasteiger partial charge < -0.3 is 10.6 Å². The minimum atomic E-state index is 0.514. The van der Waals surface area contributed by atoms with Crippen LogP contribution in [-0.4, -0.2) is 33.8 Å². The smallest absolute Gasteiger partial charge is 0.191 e.